The van der Waals surface area contributed by atoms with Crippen LogP contribution in [0.4, 0.5) is 16.0 Å². The summed E-state index contributed by atoms with van der Waals surface area (Å²) in [4.78, 5) is 17.3. The highest BCUT2D eigenvalue weighted by molar-refractivity contribution is 5.89. The van der Waals surface area contributed by atoms with Crippen molar-refractivity contribution in [1.82, 2.24) is 29.5 Å². The lowest BCUT2D eigenvalue weighted by Gasteiger charge is -2.45. The van der Waals surface area contributed by atoms with E-state index >= 15 is 0 Å². The summed E-state index contributed by atoms with van der Waals surface area (Å²) < 4.78 is 15.5. The molecule has 8 nitrogen and oxygen atoms in total. The second-order valence-corrected chi connectivity index (χ2v) is 6.34. The van der Waals surface area contributed by atoms with Crippen LogP contribution in [0.5, 0.6) is 0 Å². The topological polar surface area (TPSA) is 75.3 Å². The number of aromatic nitrogens is 6. The maximum absolute atomic E-state index is 13.7. The molecule has 5 rings (SSSR count). The van der Waals surface area contributed by atoms with Crippen LogP contribution in [0.2, 0.25) is 0 Å². The van der Waals surface area contributed by atoms with Gasteiger partial charge in [-0.3, -0.25) is 4.40 Å². The number of hydrogen-bond acceptors (Lipinski definition) is 7. The molecule has 0 radical (unpaired) electrons. The molecule has 0 spiro atoms. The SMILES string of the molecule is CN(c1ncnc2ccc(F)cc12)C1CN(c2nccn3cnnc23)C1. The molecule has 0 atom stereocenters. The number of likely N-dealkylation sites (N-methyl/N-ethyl adjacent to an activating group) is 1. The first-order chi connectivity index (χ1) is 12.7. The Morgan fingerprint density at radius 2 is 2.08 bits per heavy atom. The molecule has 0 unspecified atom stereocenters. The van der Waals surface area contributed by atoms with Crippen molar-refractivity contribution in [3.8, 4) is 0 Å². The van der Waals surface area contributed by atoms with Crippen LogP contribution < -0.4 is 9.80 Å². The van der Waals surface area contributed by atoms with Crippen LogP contribution in [0.3, 0.4) is 0 Å². The van der Waals surface area contributed by atoms with Crippen LogP contribution in [0.1, 0.15) is 0 Å². The van der Waals surface area contributed by atoms with Gasteiger partial charge in [-0.25, -0.2) is 19.3 Å². The van der Waals surface area contributed by atoms with Gasteiger partial charge in [0.25, 0.3) is 0 Å². The quantitative estimate of drug-likeness (QED) is 0.555. The van der Waals surface area contributed by atoms with Crippen LogP contribution in [0.15, 0.2) is 43.2 Å². The summed E-state index contributed by atoms with van der Waals surface area (Å²) >= 11 is 0. The lowest BCUT2D eigenvalue weighted by molar-refractivity contribution is 0.490. The molecule has 1 fully saturated rings. The molecule has 130 valence electrons. The standard InChI is InChI=1S/C17H15FN8/c1-24(15-13-6-11(18)2-3-14(13)20-9-21-15)12-7-26(8-12)16-17-23-22-10-25(17)5-4-19-16/h2-6,9-10,12H,7-8H2,1H3. The van der Waals surface area contributed by atoms with Gasteiger partial charge in [0.15, 0.2) is 5.82 Å². The molecule has 26 heavy (non-hydrogen) atoms. The summed E-state index contributed by atoms with van der Waals surface area (Å²) in [6.45, 7) is 1.55. The molecule has 3 aromatic heterocycles. The van der Waals surface area contributed by atoms with Crippen LogP contribution >= 0.6 is 0 Å². The third kappa shape index (κ3) is 2.24. The molecule has 4 aromatic rings. The Kier molecular flexibility index (Phi) is 3.21. The number of rotatable bonds is 3. The van der Waals surface area contributed by atoms with E-state index in [1.54, 1.807) is 18.6 Å². The number of fused-ring (bicyclic) bond motifs is 2. The molecule has 1 aliphatic heterocycles. The molecule has 1 saturated heterocycles. The molecular weight excluding hydrogens is 335 g/mol. The first-order valence-electron chi connectivity index (χ1n) is 8.23. The Morgan fingerprint density at radius 3 is 2.96 bits per heavy atom. The molecule has 1 aliphatic rings. The Hall–Kier alpha value is -3.36. The summed E-state index contributed by atoms with van der Waals surface area (Å²) in [5.41, 5.74) is 1.47. The maximum atomic E-state index is 13.7. The number of benzene rings is 1. The van der Waals surface area contributed by atoms with Crippen molar-refractivity contribution in [2.75, 3.05) is 29.9 Å². The van der Waals surface area contributed by atoms with Crippen LogP contribution in [0.25, 0.3) is 16.6 Å². The highest BCUT2D eigenvalue weighted by Gasteiger charge is 2.33. The Labute approximate surface area is 147 Å². The van der Waals surface area contributed by atoms with Gasteiger partial charge >= 0.3 is 0 Å². The largest absolute Gasteiger partial charge is 0.353 e. The first-order valence-corrected chi connectivity index (χ1v) is 8.23. The molecule has 4 heterocycles. The second kappa shape index (κ2) is 5.58. The zero-order valence-electron chi connectivity index (χ0n) is 14.0. The van der Waals surface area contributed by atoms with Gasteiger partial charge in [0.1, 0.15) is 24.3 Å². The van der Waals surface area contributed by atoms with Gasteiger partial charge in [-0.2, -0.15) is 0 Å². The summed E-state index contributed by atoms with van der Waals surface area (Å²) in [6, 6.07) is 4.80. The lowest BCUT2D eigenvalue weighted by Crippen LogP contribution is -2.59. The molecular formula is C17H15FN8. The fourth-order valence-corrected chi connectivity index (χ4v) is 3.31. The van der Waals surface area contributed by atoms with E-state index in [-0.39, 0.29) is 11.9 Å². The van der Waals surface area contributed by atoms with Crippen LogP contribution in [-0.2, 0) is 0 Å². The highest BCUT2D eigenvalue weighted by atomic mass is 19.1. The van der Waals surface area contributed by atoms with Crippen molar-refractivity contribution < 1.29 is 4.39 Å². The zero-order valence-corrected chi connectivity index (χ0v) is 14.0. The van der Waals surface area contributed by atoms with Crippen LogP contribution in [0, 0.1) is 5.82 Å². The van der Waals surface area contributed by atoms with Gasteiger partial charge in [-0.1, -0.05) is 0 Å². The first kappa shape index (κ1) is 14.9. The summed E-state index contributed by atoms with van der Waals surface area (Å²) in [6.07, 6.45) is 6.74. The summed E-state index contributed by atoms with van der Waals surface area (Å²) in [5.74, 6) is 1.25. The molecule has 0 aliphatic carbocycles. The van der Waals surface area contributed by atoms with Crippen molar-refractivity contribution in [3.05, 3.63) is 49.1 Å². The average Bonchev–Trinajstić information content (AvgIpc) is 3.09. The van der Waals surface area contributed by atoms with E-state index in [2.05, 4.69) is 34.9 Å². The van der Waals surface area contributed by atoms with Gasteiger partial charge in [-0.05, 0) is 18.2 Å². The summed E-state index contributed by atoms with van der Waals surface area (Å²) in [7, 11) is 1.97. The third-order valence-corrected chi connectivity index (χ3v) is 4.82. The molecule has 1 aromatic carbocycles. The second-order valence-electron chi connectivity index (χ2n) is 6.34. The molecule has 0 saturated carbocycles. The highest BCUT2D eigenvalue weighted by Crippen LogP contribution is 2.29. The van der Waals surface area contributed by atoms with E-state index in [0.29, 0.717) is 5.39 Å². The number of halogens is 1. The minimum Gasteiger partial charge on any atom is -0.353 e. The van der Waals surface area contributed by atoms with Gasteiger partial charge in [0.2, 0.25) is 5.65 Å². The number of anilines is 2. The van der Waals surface area contributed by atoms with Crippen molar-refractivity contribution in [1.29, 1.82) is 0 Å². The maximum Gasteiger partial charge on any atom is 0.203 e. The Morgan fingerprint density at radius 1 is 1.19 bits per heavy atom. The van der Waals surface area contributed by atoms with Crippen molar-refractivity contribution in [3.63, 3.8) is 0 Å². The van der Waals surface area contributed by atoms with Gasteiger partial charge in [0, 0.05) is 37.9 Å². The number of hydrogen-bond donors (Lipinski definition) is 0. The monoisotopic (exact) mass is 350 g/mol. The van der Waals surface area contributed by atoms with Crippen molar-refractivity contribution >= 4 is 28.2 Å². The van der Waals surface area contributed by atoms with E-state index in [1.165, 1.54) is 18.5 Å². The fourth-order valence-electron chi connectivity index (χ4n) is 3.31. The van der Waals surface area contributed by atoms with Crippen molar-refractivity contribution in [2.45, 2.75) is 6.04 Å². The zero-order chi connectivity index (χ0) is 17.7. The van der Waals surface area contributed by atoms with Gasteiger partial charge in [-0.15, -0.1) is 10.2 Å². The normalized spacial score (nSPS) is 14.8. The molecule has 9 heteroatoms. The Balaban J connectivity index is 1.41. The van der Waals surface area contributed by atoms with E-state index in [9.17, 15) is 4.39 Å². The average molecular weight is 350 g/mol. The van der Waals surface area contributed by atoms with Crippen molar-refractivity contribution in [2.24, 2.45) is 0 Å². The van der Waals surface area contributed by atoms with Crippen LogP contribution in [-0.4, -0.2) is 55.7 Å². The smallest absolute Gasteiger partial charge is 0.203 e. The molecule has 0 bridgehead atoms. The van der Waals surface area contributed by atoms with E-state index in [4.69, 9.17) is 0 Å². The predicted molar refractivity (Wildman–Crippen MR) is 94.7 cm³/mol. The lowest BCUT2D eigenvalue weighted by atomic mass is 10.1. The molecule has 0 amide bonds. The third-order valence-electron chi connectivity index (χ3n) is 4.82. The van der Waals surface area contributed by atoms with Gasteiger partial charge < -0.3 is 9.80 Å². The van der Waals surface area contributed by atoms with Gasteiger partial charge in [0.05, 0.1) is 11.6 Å². The summed E-state index contributed by atoms with van der Waals surface area (Å²) in [5, 5.41) is 8.78. The fraction of sp³-hybridized carbons (Fsp3) is 0.235. The number of nitrogens with zero attached hydrogens (tertiary/aromatic N) is 8. The minimum absolute atomic E-state index is 0.237. The van der Waals surface area contributed by atoms with E-state index in [0.717, 1.165) is 35.9 Å². The Bertz CT molecular complexity index is 1100. The van der Waals surface area contributed by atoms with E-state index < -0.39 is 0 Å². The predicted octanol–water partition coefficient (Wildman–Crippen LogP) is 1.53. The minimum atomic E-state index is -0.292. The molecule has 0 N–H and O–H groups in total. The van der Waals surface area contributed by atoms with E-state index in [1.807, 2.05) is 17.6 Å².